The van der Waals surface area contributed by atoms with Crippen molar-refractivity contribution in [2.45, 2.75) is 0 Å². The molecule has 0 aliphatic carbocycles. The highest BCUT2D eigenvalue weighted by molar-refractivity contribution is 6.05. The van der Waals surface area contributed by atoms with Gasteiger partial charge in [0.05, 0.1) is 11.1 Å². The third-order valence-electron chi connectivity index (χ3n) is 1.68. The van der Waals surface area contributed by atoms with Gasteiger partial charge in [-0.05, 0) is 12.1 Å². The quantitative estimate of drug-likeness (QED) is 0.697. The summed E-state index contributed by atoms with van der Waals surface area (Å²) in [6.45, 7) is 0. The summed E-state index contributed by atoms with van der Waals surface area (Å²) in [4.78, 5) is 31.7. The summed E-state index contributed by atoms with van der Waals surface area (Å²) in [6, 6.07) is 3.64. The van der Waals surface area contributed by atoms with Crippen molar-refractivity contribution in [1.82, 2.24) is 0 Å². The van der Waals surface area contributed by atoms with E-state index in [0.717, 1.165) is 0 Å². The first-order chi connectivity index (χ1) is 6.57. The molecule has 0 fully saturated rings. The van der Waals surface area contributed by atoms with Gasteiger partial charge in [0.15, 0.2) is 6.29 Å². The van der Waals surface area contributed by atoms with E-state index >= 15 is 0 Å². The van der Waals surface area contributed by atoms with Crippen molar-refractivity contribution in [3.05, 3.63) is 34.9 Å². The number of hydrogen-bond donors (Lipinski definition) is 2. The Morgan fingerprint density at radius 1 is 1.07 bits per heavy atom. The number of rotatable bonds is 3. The largest absolute Gasteiger partial charge is 0.478 e. The van der Waals surface area contributed by atoms with E-state index in [-0.39, 0.29) is 23.0 Å². The van der Waals surface area contributed by atoms with Gasteiger partial charge >= 0.3 is 11.9 Å². The van der Waals surface area contributed by atoms with Crippen LogP contribution in [-0.2, 0) is 0 Å². The van der Waals surface area contributed by atoms with Gasteiger partial charge < -0.3 is 10.2 Å². The van der Waals surface area contributed by atoms with Crippen LogP contribution in [0.3, 0.4) is 0 Å². The molecule has 5 heteroatoms. The average Bonchev–Trinajstić information content (AvgIpc) is 2.16. The molecule has 14 heavy (non-hydrogen) atoms. The lowest BCUT2D eigenvalue weighted by Crippen LogP contribution is -2.08. The maximum absolute atomic E-state index is 10.6. The van der Waals surface area contributed by atoms with E-state index in [1.807, 2.05) is 0 Å². The van der Waals surface area contributed by atoms with E-state index < -0.39 is 11.9 Å². The molecule has 0 radical (unpaired) electrons. The van der Waals surface area contributed by atoms with Gasteiger partial charge in [-0.1, -0.05) is 6.07 Å². The van der Waals surface area contributed by atoms with Crippen LogP contribution >= 0.6 is 0 Å². The number of carboxylic acids is 2. The monoisotopic (exact) mass is 194 g/mol. The van der Waals surface area contributed by atoms with E-state index in [0.29, 0.717) is 0 Å². The fourth-order valence-electron chi connectivity index (χ4n) is 1.07. The predicted molar refractivity (Wildman–Crippen MR) is 45.7 cm³/mol. The predicted octanol–water partition coefficient (Wildman–Crippen LogP) is 0.895. The Bertz CT molecular complexity index is 375. The molecular formula is C9H6O5. The Hall–Kier alpha value is -2.17. The summed E-state index contributed by atoms with van der Waals surface area (Å²) in [7, 11) is 0. The van der Waals surface area contributed by atoms with Gasteiger partial charge in [-0.25, -0.2) is 9.59 Å². The molecule has 2 N–H and O–H groups in total. The minimum Gasteiger partial charge on any atom is -0.478 e. The van der Waals surface area contributed by atoms with Crippen LogP contribution in [0.2, 0.25) is 0 Å². The van der Waals surface area contributed by atoms with Gasteiger partial charge in [-0.15, -0.1) is 0 Å². The van der Waals surface area contributed by atoms with Gasteiger partial charge in [0.2, 0.25) is 0 Å². The fourth-order valence-corrected chi connectivity index (χ4v) is 1.07. The molecule has 0 aromatic heterocycles. The molecule has 0 aliphatic heterocycles. The van der Waals surface area contributed by atoms with Gasteiger partial charge in [0.1, 0.15) is 0 Å². The molecular weight excluding hydrogens is 188 g/mol. The van der Waals surface area contributed by atoms with Crippen LogP contribution < -0.4 is 0 Å². The molecule has 0 saturated carbocycles. The van der Waals surface area contributed by atoms with Gasteiger partial charge in [0, 0.05) is 5.56 Å². The molecule has 1 aromatic carbocycles. The van der Waals surface area contributed by atoms with E-state index in [1.54, 1.807) is 0 Å². The maximum atomic E-state index is 10.6. The average molecular weight is 194 g/mol. The number of carboxylic acid groups (broad SMARTS) is 2. The van der Waals surface area contributed by atoms with Crippen LogP contribution in [0.4, 0.5) is 0 Å². The van der Waals surface area contributed by atoms with E-state index in [2.05, 4.69) is 0 Å². The molecule has 1 aromatic rings. The first-order valence-corrected chi connectivity index (χ1v) is 3.62. The van der Waals surface area contributed by atoms with Crippen LogP contribution in [0.1, 0.15) is 31.1 Å². The van der Waals surface area contributed by atoms with Crippen LogP contribution in [0.5, 0.6) is 0 Å². The SMILES string of the molecule is O=Cc1c(C(=O)O)cccc1C(=O)O. The van der Waals surface area contributed by atoms with E-state index in [9.17, 15) is 14.4 Å². The second-order valence-electron chi connectivity index (χ2n) is 2.49. The van der Waals surface area contributed by atoms with Crippen molar-refractivity contribution in [2.75, 3.05) is 0 Å². The minimum atomic E-state index is -1.32. The molecule has 0 amide bonds. The number of aldehydes is 1. The number of carbonyl (C=O) groups is 3. The van der Waals surface area contributed by atoms with E-state index in [1.165, 1.54) is 18.2 Å². The smallest absolute Gasteiger partial charge is 0.336 e. The third kappa shape index (κ3) is 1.61. The molecule has 72 valence electrons. The van der Waals surface area contributed by atoms with Gasteiger partial charge in [-0.3, -0.25) is 4.79 Å². The van der Waals surface area contributed by atoms with Gasteiger partial charge in [-0.2, -0.15) is 0 Å². The highest BCUT2D eigenvalue weighted by Gasteiger charge is 2.16. The lowest BCUT2D eigenvalue weighted by molar-refractivity contribution is 0.0692. The molecule has 0 spiro atoms. The highest BCUT2D eigenvalue weighted by Crippen LogP contribution is 2.12. The molecule has 0 atom stereocenters. The second kappa shape index (κ2) is 3.69. The molecule has 5 nitrogen and oxygen atoms in total. The standard InChI is InChI=1S/C9H6O5/c10-4-7-5(8(11)12)2-1-3-6(7)9(13)14/h1-4H,(H,11,12)(H,13,14). The lowest BCUT2D eigenvalue weighted by Gasteiger charge is -2.02. The molecule has 1 rings (SSSR count). The summed E-state index contributed by atoms with van der Waals surface area (Å²) in [6.07, 6.45) is 0.229. The van der Waals surface area contributed by atoms with Crippen LogP contribution in [-0.4, -0.2) is 28.4 Å². The van der Waals surface area contributed by atoms with Crippen molar-refractivity contribution in [1.29, 1.82) is 0 Å². The molecule has 0 aliphatic rings. The first-order valence-electron chi connectivity index (χ1n) is 3.62. The van der Waals surface area contributed by atoms with Crippen LogP contribution in [0.25, 0.3) is 0 Å². The molecule has 0 bridgehead atoms. The van der Waals surface area contributed by atoms with Crippen molar-refractivity contribution in [2.24, 2.45) is 0 Å². The Kier molecular flexibility index (Phi) is 2.62. The first kappa shape index (κ1) is 9.91. The topological polar surface area (TPSA) is 91.7 Å². The summed E-state index contributed by atoms with van der Waals surface area (Å²) in [5, 5.41) is 17.3. The van der Waals surface area contributed by atoms with Crippen LogP contribution in [0, 0.1) is 0 Å². The van der Waals surface area contributed by atoms with Crippen LogP contribution in [0.15, 0.2) is 18.2 Å². The van der Waals surface area contributed by atoms with Crippen molar-refractivity contribution in [3.8, 4) is 0 Å². The Morgan fingerprint density at radius 2 is 1.50 bits per heavy atom. The van der Waals surface area contributed by atoms with Gasteiger partial charge in [0.25, 0.3) is 0 Å². The number of benzene rings is 1. The summed E-state index contributed by atoms with van der Waals surface area (Å²) >= 11 is 0. The lowest BCUT2D eigenvalue weighted by atomic mass is 10.0. The second-order valence-corrected chi connectivity index (χ2v) is 2.49. The third-order valence-corrected chi connectivity index (χ3v) is 1.68. The Balaban J connectivity index is 3.47. The molecule has 0 saturated heterocycles. The highest BCUT2D eigenvalue weighted by atomic mass is 16.4. The van der Waals surface area contributed by atoms with Crippen molar-refractivity contribution in [3.63, 3.8) is 0 Å². The number of hydrogen-bond acceptors (Lipinski definition) is 3. The molecule has 0 heterocycles. The zero-order valence-electron chi connectivity index (χ0n) is 6.93. The summed E-state index contributed by atoms with van der Waals surface area (Å²) in [5.74, 6) is -2.65. The normalized spacial score (nSPS) is 9.43. The fraction of sp³-hybridized carbons (Fsp3) is 0. The summed E-state index contributed by atoms with van der Waals surface area (Å²) in [5.41, 5.74) is -0.924. The van der Waals surface area contributed by atoms with Crippen molar-refractivity contribution >= 4 is 18.2 Å². The Morgan fingerprint density at radius 3 is 1.79 bits per heavy atom. The maximum Gasteiger partial charge on any atom is 0.336 e. The number of carbonyl (C=O) groups excluding carboxylic acids is 1. The number of aromatic carboxylic acids is 2. The van der Waals surface area contributed by atoms with E-state index in [4.69, 9.17) is 10.2 Å². The zero-order chi connectivity index (χ0) is 10.7. The van der Waals surface area contributed by atoms with Crippen molar-refractivity contribution < 1.29 is 24.6 Å². The Labute approximate surface area is 78.6 Å². The minimum absolute atomic E-state index is 0.229. The molecule has 0 unspecified atom stereocenters. The zero-order valence-corrected chi connectivity index (χ0v) is 6.93. The summed E-state index contributed by atoms with van der Waals surface area (Å²) < 4.78 is 0.